The highest BCUT2D eigenvalue weighted by Crippen LogP contribution is 2.22. The van der Waals surface area contributed by atoms with Crippen LogP contribution in [0, 0.1) is 6.92 Å². The van der Waals surface area contributed by atoms with Gasteiger partial charge in [-0.2, -0.15) is 10.2 Å². The molecule has 132 valence electrons. The molecule has 26 heavy (non-hydrogen) atoms. The van der Waals surface area contributed by atoms with Gasteiger partial charge in [-0.3, -0.25) is 9.89 Å². The van der Waals surface area contributed by atoms with Gasteiger partial charge in [0.2, 0.25) is 0 Å². The van der Waals surface area contributed by atoms with Crippen LogP contribution in [0.1, 0.15) is 28.5 Å². The van der Waals surface area contributed by atoms with E-state index in [4.69, 9.17) is 4.74 Å². The number of H-pyrrole nitrogens is 1. The van der Waals surface area contributed by atoms with Gasteiger partial charge in [0.25, 0.3) is 5.91 Å². The quantitative estimate of drug-likeness (QED) is 0.547. The molecular weight excluding hydrogens is 328 g/mol. The maximum Gasteiger partial charge on any atom is 0.289 e. The van der Waals surface area contributed by atoms with E-state index in [1.165, 1.54) is 0 Å². The highest BCUT2D eigenvalue weighted by Gasteiger charge is 2.16. The molecule has 0 saturated carbocycles. The van der Waals surface area contributed by atoms with Crippen LogP contribution < -0.4 is 10.2 Å². The smallest absolute Gasteiger partial charge is 0.289 e. The number of benzene rings is 2. The van der Waals surface area contributed by atoms with Crippen molar-refractivity contribution in [1.29, 1.82) is 0 Å². The van der Waals surface area contributed by atoms with Gasteiger partial charge in [-0.25, -0.2) is 5.43 Å². The number of ether oxygens (including phenoxy) is 1. The largest absolute Gasteiger partial charge is 0.497 e. The first kappa shape index (κ1) is 17.4. The van der Waals surface area contributed by atoms with Crippen molar-refractivity contribution >= 4 is 11.6 Å². The standard InChI is InChI=1S/C20H20N4O2/c1-13-18(16-7-5-4-6-8-16)22-23-19(13)20(25)24-21-14(2)15-9-11-17(26-3)12-10-15/h4-12H,1-3H3,(H,22,23)(H,24,25)/b21-14+. The van der Waals surface area contributed by atoms with E-state index in [-0.39, 0.29) is 5.91 Å². The SMILES string of the molecule is COc1ccc(/C(C)=N/NC(=O)c2[nH]nc(-c3ccccc3)c2C)cc1. The third-order valence-corrected chi connectivity index (χ3v) is 4.12. The molecule has 1 aromatic heterocycles. The summed E-state index contributed by atoms with van der Waals surface area (Å²) in [7, 11) is 1.62. The fraction of sp³-hybridized carbons (Fsp3) is 0.150. The third-order valence-electron chi connectivity index (χ3n) is 4.12. The van der Waals surface area contributed by atoms with Gasteiger partial charge in [0, 0.05) is 11.1 Å². The molecular formula is C20H20N4O2. The fourth-order valence-corrected chi connectivity index (χ4v) is 2.58. The molecule has 0 atom stereocenters. The van der Waals surface area contributed by atoms with Crippen molar-refractivity contribution in [2.75, 3.05) is 7.11 Å². The molecule has 2 N–H and O–H groups in total. The van der Waals surface area contributed by atoms with E-state index in [1.54, 1.807) is 7.11 Å². The Bertz CT molecular complexity index is 928. The summed E-state index contributed by atoms with van der Waals surface area (Å²) >= 11 is 0. The van der Waals surface area contributed by atoms with Gasteiger partial charge in [0.15, 0.2) is 0 Å². The predicted octanol–water partition coefficient (Wildman–Crippen LogP) is 3.55. The number of amides is 1. The van der Waals surface area contributed by atoms with E-state index in [2.05, 4.69) is 20.7 Å². The number of carbonyl (C=O) groups is 1. The van der Waals surface area contributed by atoms with Gasteiger partial charge in [0.1, 0.15) is 11.4 Å². The van der Waals surface area contributed by atoms with Crippen molar-refractivity contribution in [3.63, 3.8) is 0 Å². The molecule has 0 spiro atoms. The van der Waals surface area contributed by atoms with E-state index in [0.29, 0.717) is 11.4 Å². The van der Waals surface area contributed by atoms with Gasteiger partial charge in [-0.15, -0.1) is 0 Å². The van der Waals surface area contributed by atoms with Crippen LogP contribution in [0.5, 0.6) is 5.75 Å². The van der Waals surface area contributed by atoms with Gasteiger partial charge in [-0.05, 0) is 43.7 Å². The van der Waals surface area contributed by atoms with Crippen LogP contribution in [0.25, 0.3) is 11.3 Å². The first-order chi connectivity index (χ1) is 12.6. The van der Waals surface area contributed by atoms with Crippen LogP contribution in [0.15, 0.2) is 59.7 Å². The number of nitrogens with one attached hydrogen (secondary N) is 2. The second-order valence-corrected chi connectivity index (χ2v) is 5.80. The molecule has 0 unspecified atom stereocenters. The summed E-state index contributed by atoms with van der Waals surface area (Å²) in [5, 5.41) is 11.2. The Kier molecular flexibility index (Phi) is 5.12. The molecule has 1 heterocycles. The fourth-order valence-electron chi connectivity index (χ4n) is 2.58. The molecule has 6 nitrogen and oxygen atoms in total. The summed E-state index contributed by atoms with van der Waals surface area (Å²) in [5.41, 5.74) is 7.07. The van der Waals surface area contributed by atoms with Gasteiger partial charge >= 0.3 is 0 Å². The number of hydrogen-bond donors (Lipinski definition) is 2. The van der Waals surface area contributed by atoms with Crippen molar-refractivity contribution in [2.45, 2.75) is 13.8 Å². The molecule has 0 fully saturated rings. The lowest BCUT2D eigenvalue weighted by atomic mass is 10.1. The summed E-state index contributed by atoms with van der Waals surface area (Å²) in [4.78, 5) is 12.4. The molecule has 3 rings (SSSR count). The highest BCUT2D eigenvalue weighted by atomic mass is 16.5. The number of carbonyl (C=O) groups excluding carboxylic acids is 1. The number of hydrogen-bond acceptors (Lipinski definition) is 4. The molecule has 0 aliphatic heterocycles. The highest BCUT2D eigenvalue weighted by molar-refractivity contribution is 6.01. The maximum atomic E-state index is 12.4. The average molecular weight is 348 g/mol. The number of hydrazone groups is 1. The summed E-state index contributed by atoms with van der Waals surface area (Å²) < 4.78 is 5.14. The van der Waals surface area contributed by atoms with Crippen LogP contribution in [0.4, 0.5) is 0 Å². The lowest BCUT2D eigenvalue weighted by molar-refractivity contribution is 0.0949. The monoisotopic (exact) mass is 348 g/mol. The molecule has 0 aliphatic carbocycles. The minimum atomic E-state index is -0.329. The van der Waals surface area contributed by atoms with Crippen LogP contribution in [-0.2, 0) is 0 Å². The van der Waals surface area contributed by atoms with Gasteiger partial charge < -0.3 is 4.74 Å². The Hall–Kier alpha value is -3.41. The maximum absolute atomic E-state index is 12.4. The van der Waals surface area contributed by atoms with Crippen LogP contribution in [0.3, 0.4) is 0 Å². The second-order valence-electron chi connectivity index (χ2n) is 5.80. The van der Waals surface area contributed by atoms with Crippen molar-refractivity contribution in [3.05, 3.63) is 71.4 Å². The van der Waals surface area contributed by atoms with Crippen LogP contribution in [-0.4, -0.2) is 28.9 Å². The first-order valence-electron chi connectivity index (χ1n) is 8.19. The summed E-state index contributed by atoms with van der Waals surface area (Å²) in [6, 6.07) is 17.2. The predicted molar refractivity (Wildman–Crippen MR) is 101 cm³/mol. The number of nitrogens with zero attached hydrogens (tertiary/aromatic N) is 2. The molecule has 2 aromatic carbocycles. The van der Waals surface area contributed by atoms with Crippen molar-refractivity contribution in [2.24, 2.45) is 5.10 Å². The lowest BCUT2D eigenvalue weighted by Crippen LogP contribution is -2.20. The minimum Gasteiger partial charge on any atom is -0.497 e. The second kappa shape index (κ2) is 7.65. The number of rotatable bonds is 5. The molecule has 0 aliphatic rings. The zero-order chi connectivity index (χ0) is 18.5. The zero-order valence-corrected chi connectivity index (χ0v) is 14.9. The molecule has 3 aromatic rings. The molecule has 1 amide bonds. The van der Waals surface area contributed by atoms with Crippen LogP contribution in [0.2, 0.25) is 0 Å². The molecule has 0 bridgehead atoms. The number of aromatic nitrogens is 2. The Labute approximate surface area is 151 Å². The third kappa shape index (κ3) is 3.64. The average Bonchev–Trinajstić information content (AvgIpc) is 3.08. The van der Waals surface area contributed by atoms with E-state index in [9.17, 15) is 4.79 Å². The van der Waals surface area contributed by atoms with Gasteiger partial charge in [0.05, 0.1) is 18.5 Å². The first-order valence-corrected chi connectivity index (χ1v) is 8.19. The summed E-state index contributed by atoms with van der Waals surface area (Å²) in [6.07, 6.45) is 0. The normalized spacial score (nSPS) is 11.3. The van der Waals surface area contributed by atoms with E-state index in [0.717, 1.165) is 28.1 Å². The van der Waals surface area contributed by atoms with Crippen molar-refractivity contribution in [3.8, 4) is 17.0 Å². The van der Waals surface area contributed by atoms with Crippen molar-refractivity contribution in [1.82, 2.24) is 15.6 Å². The lowest BCUT2D eigenvalue weighted by Gasteiger charge is -2.04. The van der Waals surface area contributed by atoms with Gasteiger partial charge in [-0.1, -0.05) is 30.3 Å². The Morgan fingerprint density at radius 2 is 1.81 bits per heavy atom. The van der Waals surface area contributed by atoms with E-state index >= 15 is 0 Å². The Balaban J connectivity index is 1.75. The van der Waals surface area contributed by atoms with E-state index < -0.39 is 0 Å². The zero-order valence-electron chi connectivity index (χ0n) is 14.9. The van der Waals surface area contributed by atoms with Crippen molar-refractivity contribution < 1.29 is 9.53 Å². The number of aromatic amines is 1. The summed E-state index contributed by atoms with van der Waals surface area (Å²) in [6.45, 7) is 3.69. The topological polar surface area (TPSA) is 79.4 Å². The summed E-state index contributed by atoms with van der Waals surface area (Å²) in [5.74, 6) is 0.442. The van der Waals surface area contributed by atoms with E-state index in [1.807, 2.05) is 68.4 Å². The minimum absolute atomic E-state index is 0.329. The Morgan fingerprint density at radius 1 is 1.12 bits per heavy atom. The molecule has 6 heteroatoms. The Morgan fingerprint density at radius 3 is 2.46 bits per heavy atom. The number of methoxy groups -OCH3 is 1. The van der Waals surface area contributed by atoms with Crippen LogP contribution >= 0.6 is 0 Å². The molecule has 0 radical (unpaired) electrons. The molecule has 0 saturated heterocycles.